The van der Waals surface area contributed by atoms with Gasteiger partial charge in [0.15, 0.2) is 0 Å². The second-order valence-electron chi connectivity index (χ2n) is 12.6. The van der Waals surface area contributed by atoms with Gasteiger partial charge in [0.1, 0.15) is 5.78 Å². The quantitative estimate of drug-likeness (QED) is 0.182. The van der Waals surface area contributed by atoms with Crippen LogP contribution in [0.3, 0.4) is 0 Å². The van der Waals surface area contributed by atoms with Gasteiger partial charge >= 0.3 is 11.9 Å². The van der Waals surface area contributed by atoms with E-state index in [4.69, 9.17) is 5.11 Å². The van der Waals surface area contributed by atoms with Crippen molar-refractivity contribution < 1.29 is 24.6 Å². The Morgan fingerprint density at radius 2 is 1.20 bits per heavy atom. The van der Waals surface area contributed by atoms with E-state index >= 15 is 0 Å². The molecule has 0 aliphatic rings. The molecule has 0 saturated carbocycles. The molecule has 2 aromatic carbocycles. The van der Waals surface area contributed by atoms with Crippen LogP contribution in [-0.2, 0) is 32.6 Å². The van der Waals surface area contributed by atoms with E-state index in [1.807, 2.05) is 31.2 Å². The van der Waals surface area contributed by atoms with E-state index in [-0.39, 0.29) is 11.7 Å². The number of rotatable bonds is 18. The van der Waals surface area contributed by atoms with Crippen molar-refractivity contribution in [3.05, 3.63) is 70.8 Å². The molecule has 2 aromatic rings. The van der Waals surface area contributed by atoms with Gasteiger partial charge in [-0.3, -0.25) is 14.4 Å². The summed E-state index contributed by atoms with van der Waals surface area (Å²) in [6.45, 7) is 12.2. The van der Waals surface area contributed by atoms with Crippen molar-refractivity contribution in [1.29, 1.82) is 0 Å². The molecule has 0 spiro atoms. The first-order valence-corrected chi connectivity index (χ1v) is 15.0. The number of carbonyl (C=O) groups excluding carboxylic acids is 1. The third-order valence-corrected chi connectivity index (χ3v) is 8.08. The van der Waals surface area contributed by atoms with Crippen LogP contribution in [0.4, 0.5) is 0 Å². The fourth-order valence-corrected chi connectivity index (χ4v) is 5.60. The van der Waals surface area contributed by atoms with Crippen LogP contribution in [0, 0.1) is 17.8 Å². The lowest BCUT2D eigenvalue weighted by molar-refractivity contribution is -0.144. The maximum absolute atomic E-state index is 13.0. The summed E-state index contributed by atoms with van der Waals surface area (Å²) in [5.41, 5.74) is 3.05. The van der Waals surface area contributed by atoms with Crippen LogP contribution in [0.2, 0.25) is 0 Å². The maximum Gasteiger partial charge on any atom is 0.314 e. The monoisotopic (exact) mass is 550 g/mol. The van der Waals surface area contributed by atoms with Crippen LogP contribution in [0.25, 0.3) is 0 Å². The van der Waals surface area contributed by atoms with Gasteiger partial charge in [-0.05, 0) is 79.5 Å². The van der Waals surface area contributed by atoms with Crippen LogP contribution in [0.1, 0.15) is 115 Å². The summed E-state index contributed by atoms with van der Waals surface area (Å²) < 4.78 is 0. The van der Waals surface area contributed by atoms with Crippen molar-refractivity contribution in [1.82, 2.24) is 0 Å². The average molecular weight is 551 g/mol. The summed E-state index contributed by atoms with van der Waals surface area (Å²) in [4.78, 5) is 36.6. The Balaban J connectivity index is 2.23. The van der Waals surface area contributed by atoms with E-state index in [0.717, 1.165) is 24.0 Å². The van der Waals surface area contributed by atoms with E-state index in [1.54, 1.807) is 6.92 Å². The number of ketones is 1. The molecule has 0 saturated heterocycles. The van der Waals surface area contributed by atoms with Crippen molar-refractivity contribution in [2.24, 2.45) is 17.8 Å². The number of Topliss-reactive ketones (excluding diaryl/α,β-unsaturated/α-hetero) is 1. The van der Waals surface area contributed by atoms with Crippen molar-refractivity contribution in [2.75, 3.05) is 0 Å². The maximum atomic E-state index is 13.0. The first kappa shape index (κ1) is 33.3. The number of carbonyl (C=O) groups is 3. The summed E-state index contributed by atoms with van der Waals surface area (Å²) in [6, 6.07) is 16.4. The van der Waals surface area contributed by atoms with Crippen LogP contribution >= 0.6 is 0 Å². The van der Waals surface area contributed by atoms with Crippen LogP contribution in [0.5, 0.6) is 0 Å². The molecule has 5 nitrogen and oxygen atoms in total. The molecule has 2 rings (SSSR count). The summed E-state index contributed by atoms with van der Waals surface area (Å²) in [6.07, 6.45) is 5.93. The van der Waals surface area contributed by atoms with Gasteiger partial charge in [-0.15, -0.1) is 0 Å². The van der Waals surface area contributed by atoms with Crippen LogP contribution in [-0.4, -0.2) is 27.9 Å². The minimum absolute atomic E-state index is 0.157. The molecule has 0 amide bonds. The van der Waals surface area contributed by atoms with Gasteiger partial charge in [0.25, 0.3) is 0 Å². The minimum Gasteiger partial charge on any atom is -0.481 e. The van der Waals surface area contributed by atoms with Gasteiger partial charge in [-0.25, -0.2) is 0 Å². The van der Waals surface area contributed by atoms with Gasteiger partial charge in [0.05, 0.1) is 11.3 Å². The number of benzene rings is 2. The largest absolute Gasteiger partial charge is 0.481 e. The third kappa shape index (κ3) is 9.91. The Morgan fingerprint density at radius 1 is 0.700 bits per heavy atom. The van der Waals surface area contributed by atoms with Crippen LogP contribution in [0.15, 0.2) is 48.5 Å². The molecule has 0 heterocycles. The smallest absolute Gasteiger partial charge is 0.314 e. The molecule has 5 heteroatoms. The number of hydrogen-bond acceptors (Lipinski definition) is 3. The Labute approximate surface area is 241 Å². The van der Waals surface area contributed by atoms with E-state index in [2.05, 4.69) is 52.0 Å². The highest BCUT2D eigenvalue weighted by atomic mass is 16.4. The fraction of sp³-hybridized carbons (Fsp3) is 0.571. The molecule has 40 heavy (non-hydrogen) atoms. The zero-order valence-electron chi connectivity index (χ0n) is 25.4. The summed E-state index contributed by atoms with van der Waals surface area (Å²) in [5, 5.41) is 19.7. The number of unbranched alkanes of at least 4 members (excludes halogenated alkanes) is 1. The van der Waals surface area contributed by atoms with E-state index in [9.17, 15) is 19.5 Å². The molecule has 3 atom stereocenters. The Hall–Kier alpha value is -2.95. The first-order chi connectivity index (χ1) is 18.8. The Bertz CT molecular complexity index is 1080. The topological polar surface area (TPSA) is 91.7 Å². The molecule has 0 aromatic heterocycles. The van der Waals surface area contributed by atoms with Crippen LogP contribution < -0.4 is 0 Å². The van der Waals surface area contributed by atoms with E-state index in [0.29, 0.717) is 56.8 Å². The lowest BCUT2D eigenvalue weighted by Gasteiger charge is -2.35. The highest BCUT2D eigenvalue weighted by Crippen LogP contribution is 2.43. The van der Waals surface area contributed by atoms with Crippen molar-refractivity contribution >= 4 is 17.7 Å². The van der Waals surface area contributed by atoms with Gasteiger partial charge < -0.3 is 10.2 Å². The molecule has 0 aliphatic heterocycles. The van der Waals surface area contributed by atoms with Gasteiger partial charge in [0.2, 0.25) is 0 Å². The predicted octanol–water partition coefficient (Wildman–Crippen LogP) is 8.23. The Morgan fingerprint density at radius 3 is 1.68 bits per heavy atom. The zero-order chi connectivity index (χ0) is 29.9. The number of carboxylic acids is 2. The zero-order valence-corrected chi connectivity index (χ0v) is 25.4. The van der Waals surface area contributed by atoms with Gasteiger partial charge in [-0.1, -0.05) is 89.6 Å². The van der Waals surface area contributed by atoms with E-state index < -0.39 is 23.3 Å². The molecular formula is C35H50O5. The second kappa shape index (κ2) is 15.7. The molecule has 3 unspecified atom stereocenters. The van der Waals surface area contributed by atoms with Gasteiger partial charge in [0, 0.05) is 18.8 Å². The lowest BCUT2D eigenvalue weighted by Crippen LogP contribution is -2.39. The summed E-state index contributed by atoms with van der Waals surface area (Å²) in [7, 11) is 0. The number of hydrogen-bond donors (Lipinski definition) is 2. The molecule has 2 N–H and O–H groups in total. The SMILES string of the molecule is CC(C)Cc1ccc(C(CCCC(=O)CCCCC(C)C(=O)O)C(C)(C(=O)O)c2ccc(CC(C)C)cc2)cc1. The van der Waals surface area contributed by atoms with Gasteiger partial charge in [-0.2, -0.15) is 0 Å². The lowest BCUT2D eigenvalue weighted by atomic mass is 9.66. The van der Waals surface area contributed by atoms with Crippen molar-refractivity contribution in [3.63, 3.8) is 0 Å². The molecule has 220 valence electrons. The molecular weight excluding hydrogens is 500 g/mol. The highest BCUT2D eigenvalue weighted by Gasteiger charge is 2.43. The summed E-state index contributed by atoms with van der Waals surface area (Å²) in [5.74, 6) is -1.14. The first-order valence-electron chi connectivity index (χ1n) is 15.0. The predicted molar refractivity (Wildman–Crippen MR) is 162 cm³/mol. The third-order valence-electron chi connectivity index (χ3n) is 8.08. The minimum atomic E-state index is -1.15. The molecule has 0 radical (unpaired) electrons. The summed E-state index contributed by atoms with van der Waals surface area (Å²) >= 11 is 0. The average Bonchev–Trinajstić information content (AvgIpc) is 2.88. The number of aliphatic carboxylic acids is 2. The van der Waals surface area contributed by atoms with Crippen molar-refractivity contribution in [2.45, 2.75) is 111 Å². The normalized spacial score (nSPS) is 14.6. The molecule has 0 aliphatic carbocycles. The van der Waals surface area contributed by atoms with E-state index in [1.165, 1.54) is 11.1 Å². The fourth-order valence-electron chi connectivity index (χ4n) is 5.60. The standard InChI is InChI=1S/C35H50O5/c1-24(2)22-27-14-18-29(19-15-27)32(13-9-12-31(36)11-8-7-10-26(5)33(37)38)35(6,34(39)40)30-20-16-28(17-21-30)23-25(3)4/h14-21,24-26,32H,7-13,22-23H2,1-6H3,(H,37,38)(H,39,40). The number of carboxylic acid groups (broad SMARTS) is 2. The molecule has 0 fully saturated rings. The van der Waals surface area contributed by atoms with Crippen molar-refractivity contribution in [3.8, 4) is 0 Å². The second-order valence-corrected chi connectivity index (χ2v) is 12.6. The highest BCUT2D eigenvalue weighted by molar-refractivity contribution is 5.82. The Kier molecular flexibility index (Phi) is 13.1. The molecule has 0 bridgehead atoms.